The number of amides is 3. The monoisotopic (exact) mass is 374 g/mol. The molecule has 1 heterocycles. The lowest BCUT2D eigenvalue weighted by Gasteiger charge is -2.23. The van der Waals surface area contributed by atoms with Gasteiger partial charge in [-0.3, -0.25) is 9.69 Å². The van der Waals surface area contributed by atoms with Gasteiger partial charge >= 0.3 is 6.03 Å². The van der Waals surface area contributed by atoms with Crippen LogP contribution < -0.4 is 10.1 Å². The number of rotatable bonds is 4. The smallest absolute Gasteiger partial charge is 0.325 e. The van der Waals surface area contributed by atoms with Gasteiger partial charge in [0.25, 0.3) is 5.91 Å². The minimum absolute atomic E-state index is 0.242. The Morgan fingerprint density at radius 3 is 2.46 bits per heavy atom. The van der Waals surface area contributed by atoms with Gasteiger partial charge in [-0.05, 0) is 59.5 Å². The molecule has 1 aliphatic heterocycles. The van der Waals surface area contributed by atoms with Crippen molar-refractivity contribution in [2.45, 2.75) is 25.9 Å². The van der Waals surface area contributed by atoms with Gasteiger partial charge in [0.05, 0.1) is 13.7 Å². The first kappa shape index (κ1) is 18.0. The zero-order chi connectivity index (χ0) is 19.9. The molecule has 142 valence electrons. The van der Waals surface area contributed by atoms with Gasteiger partial charge in [0.1, 0.15) is 11.3 Å². The summed E-state index contributed by atoms with van der Waals surface area (Å²) in [6.45, 7) is 4.00. The fourth-order valence-electron chi connectivity index (χ4n) is 3.66. The summed E-state index contributed by atoms with van der Waals surface area (Å²) in [5.74, 6) is 0.537. The molecule has 1 aliphatic rings. The van der Waals surface area contributed by atoms with Crippen LogP contribution in [-0.2, 0) is 16.9 Å². The fourth-order valence-corrected chi connectivity index (χ4v) is 3.66. The van der Waals surface area contributed by atoms with Gasteiger partial charge in [-0.1, -0.05) is 42.5 Å². The molecule has 3 aromatic carbocycles. The molecule has 1 saturated heterocycles. The molecule has 0 unspecified atom stereocenters. The Morgan fingerprint density at radius 2 is 1.71 bits per heavy atom. The Kier molecular flexibility index (Phi) is 4.30. The minimum atomic E-state index is -1.09. The second-order valence-electron chi connectivity index (χ2n) is 7.30. The topological polar surface area (TPSA) is 58.6 Å². The maximum absolute atomic E-state index is 13.2. The highest BCUT2D eigenvalue weighted by atomic mass is 16.5. The van der Waals surface area contributed by atoms with Gasteiger partial charge in [0, 0.05) is 0 Å². The van der Waals surface area contributed by atoms with Gasteiger partial charge in [-0.25, -0.2) is 4.79 Å². The molecule has 4 rings (SSSR count). The standard InChI is InChI=1S/C23H22N2O3/c1-15-6-4-5-7-18(15)14-25-21(26)23(2,24-22(25)27)19-10-8-17-13-20(28-3)11-9-16(17)12-19/h4-13H,14H2,1-3H3,(H,24,27)/t23-/m0/s1. The van der Waals surface area contributed by atoms with Crippen LogP contribution >= 0.6 is 0 Å². The van der Waals surface area contributed by atoms with E-state index in [9.17, 15) is 9.59 Å². The second-order valence-corrected chi connectivity index (χ2v) is 7.30. The number of benzene rings is 3. The summed E-state index contributed by atoms with van der Waals surface area (Å²) < 4.78 is 5.27. The SMILES string of the molecule is COc1ccc2cc([C@]3(C)NC(=O)N(Cc4ccccc4C)C3=O)ccc2c1. The first-order valence-corrected chi connectivity index (χ1v) is 9.19. The van der Waals surface area contributed by atoms with E-state index < -0.39 is 5.54 Å². The Hall–Kier alpha value is -3.34. The van der Waals surface area contributed by atoms with Crippen molar-refractivity contribution < 1.29 is 14.3 Å². The number of hydrogen-bond acceptors (Lipinski definition) is 3. The quantitative estimate of drug-likeness (QED) is 0.699. The molecule has 3 amide bonds. The summed E-state index contributed by atoms with van der Waals surface area (Å²) in [5.41, 5.74) is 1.68. The third kappa shape index (κ3) is 2.89. The van der Waals surface area contributed by atoms with E-state index in [2.05, 4.69) is 5.32 Å². The van der Waals surface area contributed by atoms with Crippen molar-refractivity contribution in [3.8, 4) is 5.75 Å². The molecule has 1 atom stereocenters. The van der Waals surface area contributed by atoms with Crippen molar-refractivity contribution >= 4 is 22.7 Å². The summed E-state index contributed by atoms with van der Waals surface area (Å²) in [6, 6.07) is 19.0. The average Bonchev–Trinajstić information content (AvgIpc) is 2.92. The van der Waals surface area contributed by atoms with E-state index in [4.69, 9.17) is 4.74 Å². The van der Waals surface area contributed by atoms with Gasteiger partial charge in [-0.2, -0.15) is 0 Å². The third-order valence-electron chi connectivity index (χ3n) is 5.49. The molecule has 0 bridgehead atoms. The fraction of sp³-hybridized carbons (Fsp3) is 0.217. The van der Waals surface area contributed by atoms with Gasteiger partial charge < -0.3 is 10.1 Å². The van der Waals surface area contributed by atoms with E-state index in [1.165, 1.54) is 4.90 Å². The Balaban J connectivity index is 1.68. The number of nitrogens with one attached hydrogen (secondary N) is 1. The molecule has 0 spiro atoms. The molecule has 0 saturated carbocycles. The van der Waals surface area contributed by atoms with Gasteiger partial charge in [0.2, 0.25) is 0 Å². The molecule has 0 aliphatic carbocycles. The van der Waals surface area contributed by atoms with Crippen molar-refractivity contribution in [1.82, 2.24) is 10.2 Å². The first-order valence-electron chi connectivity index (χ1n) is 9.19. The number of hydrogen-bond donors (Lipinski definition) is 1. The molecule has 1 N–H and O–H groups in total. The molecule has 28 heavy (non-hydrogen) atoms. The average molecular weight is 374 g/mol. The molecule has 5 heteroatoms. The van der Waals surface area contributed by atoms with Crippen molar-refractivity contribution in [3.63, 3.8) is 0 Å². The number of aryl methyl sites for hydroxylation is 1. The van der Waals surface area contributed by atoms with E-state index in [1.54, 1.807) is 14.0 Å². The maximum atomic E-state index is 13.2. The Morgan fingerprint density at radius 1 is 1.00 bits per heavy atom. The molecule has 0 aromatic heterocycles. The molecule has 1 fully saturated rings. The summed E-state index contributed by atoms with van der Waals surface area (Å²) in [4.78, 5) is 27.1. The van der Waals surface area contributed by atoms with E-state index >= 15 is 0 Å². The highest BCUT2D eigenvalue weighted by molar-refractivity contribution is 6.07. The first-order chi connectivity index (χ1) is 13.4. The predicted molar refractivity (Wildman–Crippen MR) is 108 cm³/mol. The largest absolute Gasteiger partial charge is 0.497 e. The Labute approximate surface area is 163 Å². The maximum Gasteiger partial charge on any atom is 0.325 e. The number of carbonyl (C=O) groups is 2. The number of nitrogens with zero attached hydrogens (tertiary/aromatic N) is 1. The number of ether oxygens (including phenoxy) is 1. The van der Waals surface area contributed by atoms with E-state index in [-0.39, 0.29) is 18.5 Å². The zero-order valence-electron chi connectivity index (χ0n) is 16.2. The van der Waals surface area contributed by atoms with Crippen LogP contribution in [0.2, 0.25) is 0 Å². The molecule has 0 radical (unpaired) electrons. The number of carbonyl (C=O) groups excluding carboxylic acids is 2. The van der Waals surface area contributed by atoms with Crippen LogP contribution in [0.1, 0.15) is 23.6 Å². The number of urea groups is 1. The Bertz CT molecular complexity index is 1090. The summed E-state index contributed by atoms with van der Waals surface area (Å²) in [6.07, 6.45) is 0. The normalized spacial score (nSPS) is 19.2. The third-order valence-corrected chi connectivity index (χ3v) is 5.49. The van der Waals surface area contributed by atoms with Crippen LogP contribution in [0, 0.1) is 6.92 Å². The van der Waals surface area contributed by atoms with Crippen LogP contribution in [0.5, 0.6) is 5.75 Å². The van der Waals surface area contributed by atoms with Crippen molar-refractivity contribution in [1.29, 1.82) is 0 Å². The van der Waals surface area contributed by atoms with Crippen LogP contribution in [-0.4, -0.2) is 23.9 Å². The second kappa shape index (κ2) is 6.68. The van der Waals surface area contributed by atoms with Crippen molar-refractivity contribution in [3.05, 3.63) is 77.4 Å². The lowest BCUT2D eigenvalue weighted by molar-refractivity contribution is -0.131. The lowest BCUT2D eigenvalue weighted by atomic mass is 9.90. The van der Waals surface area contributed by atoms with Crippen LogP contribution in [0.15, 0.2) is 60.7 Å². The van der Waals surface area contributed by atoms with E-state index in [0.29, 0.717) is 0 Å². The van der Waals surface area contributed by atoms with E-state index in [0.717, 1.165) is 33.2 Å². The highest BCUT2D eigenvalue weighted by Crippen LogP contribution is 2.32. The minimum Gasteiger partial charge on any atom is -0.497 e. The lowest BCUT2D eigenvalue weighted by Crippen LogP contribution is -2.40. The number of imide groups is 1. The summed E-state index contributed by atoms with van der Waals surface area (Å²) in [7, 11) is 1.63. The number of fused-ring (bicyclic) bond motifs is 1. The summed E-state index contributed by atoms with van der Waals surface area (Å²) in [5, 5.41) is 4.89. The van der Waals surface area contributed by atoms with Crippen LogP contribution in [0.4, 0.5) is 4.79 Å². The van der Waals surface area contributed by atoms with Crippen molar-refractivity contribution in [2.75, 3.05) is 7.11 Å². The zero-order valence-corrected chi connectivity index (χ0v) is 16.2. The molecular weight excluding hydrogens is 352 g/mol. The van der Waals surface area contributed by atoms with Gasteiger partial charge in [0.15, 0.2) is 0 Å². The van der Waals surface area contributed by atoms with Crippen LogP contribution in [0.3, 0.4) is 0 Å². The highest BCUT2D eigenvalue weighted by Gasteiger charge is 2.49. The summed E-state index contributed by atoms with van der Waals surface area (Å²) >= 11 is 0. The van der Waals surface area contributed by atoms with E-state index in [1.807, 2.05) is 67.6 Å². The van der Waals surface area contributed by atoms with Crippen LogP contribution in [0.25, 0.3) is 10.8 Å². The predicted octanol–water partition coefficient (Wildman–Crippen LogP) is 4.12. The van der Waals surface area contributed by atoms with Crippen molar-refractivity contribution in [2.24, 2.45) is 0 Å². The molecule has 5 nitrogen and oxygen atoms in total. The number of methoxy groups -OCH3 is 1. The molecule has 3 aromatic rings. The molecular formula is C23H22N2O3. The van der Waals surface area contributed by atoms with Gasteiger partial charge in [-0.15, -0.1) is 0 Å².